The van der Waals surface area contributed by atoms with Gasteiger partial charge in [0.25, 0.3) is 0 Å². The number of esters is 4. The molecule has 1 saturated heterocycles. The first-order valence-corrected chi connectivity index (χ1v) is 18.7. The summed E-state index contributed by atoms with van der Waals surface area (Å²) in [6.07, 6.45) is 31.8. The Balaban J connectivity index is 2.01. The third kappa shape index (κ3) is 25.5. The van der Waals surface area contributed by atoms with Crippen LogP contribution in [-0.4, -0.2) is 53.6 Å². The van der Waals surface area contributed by atoms with Gasteiger partial charge in [-0.2, -0.15) is 0 Å². The quantitative estimate of drug-likeness (QED) is 0.0213. The van der Waals surface area contributed by atoms with Gasteiger partial charge in [-0.05, 0) is 71.1 Å². The standard InChI is InChI=1S/C36H51NO8S2/c1-3-4-5-6-7-8-9-10-11-12-13-14-15-16-17-18-19-22-31(38)43-29-28-37-35(42)45-34(41)25-24-33(40)44-32(39)23-20-21-26-36(2)27-30-46-47-36/h4-5,7-8,10-11,13-14,16-17,24-25H,3,6,9,12,15,18-23,26-30H2,1-2H3,(H,37,42)/b5-4-,8-7-,11-10-,14-13-,17-16-,25-24+/t36-/m1/s1. The number of unbranched alkanes of at least 4 members (excludes halogenated alkanes) is 2. The molecule has 1 fully saturated rings. The molecule has 0 bridgehead atoms. The zero-order chi connectivity index (χ0) is 34.4. The zero-order valence-corrected chi connectivity index (χ0v) is 29.5. The maximum Gasteiger partial charge on any atom is 0.415 e. The summed E-state index contributed by atoms with van der Waals surface area (Å²) in [5, 5.41) is 2.27. The third-order valence-electron chi connectivity index (χ3n) is 6.62. The average molecular weight is 690 g/mol. The second-order valence-electron chi connectivity index (χ2n) is 10.9. The molecule has 11 heteroatoms. The molecule has 0 aromatic heterocycles. The number of amides is 1. The Morgan fingerprint density at radius 1 is 0.723 bits per heavy atom. The fourth-order valence-corrected chi connectivity index (χ4v) is 7.33. The van der Waals surface area contributed by atoms with E-state index in [1.807, 2.05) is 27.7 Å². The van der Waals surface area contributed by atoms with Gasteiger partial charge in [0.15, 0.2) is 0 Å². The molecule has 1 heterocycles. The number of allylic oxidation sites excluding steroid dienone is 10. The van der Waals surface area contributed by atoms with Crippen LogP contribution < -0.4 is 5.32 Å². The van der Waals surface area contributed by atoms with Crippen LogP contribution >= 0.6 is 21.6 Å². The number of carbonyl (C=O) groups is 5. The van der Waals surface area contributed by atoms with Crippen molar-refractivity contribution in [3.63, 3.8) is 0 Å². The second-order valence-corrected chi connectivity index (χ2v) is 13.9. The molecule has 0 aromatic rings. The van der Waals surface area contributed by atoms with Crippen LogP contribution in [0, 0.1) is 0 Å². The Kier molecular flexibility index (Phi) is 24.6. The van der Waals surface area contributed by atoms with Gasteiger partial charge in [-0.3, -0.25) is 9.59 Å². The Bertz CT molecular complexity index is 1130. The van der Waals surface area contributed by atoms with Crippen LogP contribution in [0.25, 0.3) is 0 Å². The minimum absolute atomic E-state index is 0.0520. The molecule has 1 aliphatic heterocycles. The number of rotatable bonds is 23. The van der Waals surface area contributed by atoms with E-state index in [1.54, 1.807) is 0 Å². The fraction of sp³-hybridized carbons (Fsp3) is 0.528. The first kappa shape index (κ1) is 41.7. The molecule has 47 heavy (non-hydrogen) atoms. The van der Waals surface area contributed by atoms with E-state index in [1.165, 1.54) is 0 Å². The normalized spacial score (nSPS) is 16.7. The van der Waals surface area contributed by atoms with E-state index in [2.05, 4.69) is 83.3 Å². The van der Waals surface area contributed by atoms with E-state index in [4.69, 9.17) is 4.74 Å². The lowest BCUT2D eigenvalue weighted by Crippen LogP contribution is -2.30. The highest BCUT2D eigenvalue weighted by Gasteiger charge is 2.29. The Hall–Kier alpha value is -3.31. The number of nitrogens with one attached hydrogen (secondary N) is 1. The molecular formula is C36H51NO8S2. The molecule has 0 saturated carbocycles. The van der Waals surface area contributed by atoms with Gasteiger partial charge in [0.2, 0.25) is 0 Å². The van der Waals surface area contributed by atoms with E-state index in [9.17, 15) is 24.0 Å². The SMILES string of the molecule is CC/C=C\C/C=C\C/C=C\C/C=C\C/C=C\CCCC(=O)OCCNC(=O)OC(=O)/C=C/C(=O)OC(=O)CCCC[C@]1(C)CCSS1. The van der Waals surface area contributed by atoms with Crippen molar-refractivity contribution in [3.8, 4) is 0 Å². The number of hydrogen-bond donors (Lipinski definition) is 1. The topological polar surface area (TPSA) is 125 Å². The Morgan fingerprint density at radius 2 is 1.30 bits per heavy atom. The summed E-state index contributed by atoms with van der Waals surface area (Å²) < 4.78 is 14.4. The fourth-order valence-electron chi connectivity index (χ4n) is 4.04. The molecule has 1 N–H and O–H groups in total. The average Bonchev–Trinajstić information content (AvgIpc) is 3.48. The summed E-state index contributed by atoms with van der Waals surface area (Å²) in [5.41, 5.74) is 0. The number of carbonyl (C=O) groups excluding carboxylic acids is 5. The highest BCUT2D eigenvalue weighted by molar-refractivity contribution is 8.77. The summed E-state index contributed by atoms with van der Waals surface area (Å²) >= 11 is 0. The first-order valence-electron chi connectivity index (χ1n) is 16.4. The predicted molar refractivity (Wildman–Crippen MR) is 191 cm³/mol. The second kappa shape index (κ2) is 27.8. The van der Waals surface area contributed by atoms with Crippen LogP contribution in [0.1, 0.15) is 97.3 Å². The van der Waals surface area contributed by atoms with Crippen LogP contribution in [0.3, 0.4) is 0 Å². The number of hydrogen-bond acceptors (Lipinski definition) is 10. The van der Waals surface area contributed by atoms with E-state index >= 15 is 0 Å². The third-order valence-corrected chi connectivity index (χ3v) is 9.98. The molecule has 0 aromatic carbocycles. The van der Waals surface area contributed by atoms with Crippen LogP contribution in [0.5, 0.6) is 0 Å². The summed E-state index contributed by atoms with van der Waals surface area (Å²) in [5.74, 6) is -2.05. The van der Waals surface area contributed by atoms with Crippen molar-refractivity contribution in [2.24, 2.45) is 0 Å². The van der Waals surface area contributed by atoms with Gasteiger partial charge in [-0.15, -0.1) is 0 Å². The number of ether oxygens (including phenoxy) is 3. The van der Waals surface area contributed by atoms with Crippen molar-refractivity contribution in [2.75, 3.05) is 18.9 Å². The van der Waals surface area contributed by atoms with E-state index in [-0.39, 0.29) is 36.7 Å². The van der Waals surface area contributed by atoms with Gasteiger partial charge < -0.3 is 19.5 Å². The Labute approximate surface area is 288 Å². The van der Waals surface area contributed by atoms with Gasteiger partial charge in [-0.1, -0.05) is 95.7 Å². The van der Waals surface area contributed by atoms with Crippen LogP contribution in [0.4, 0.5) is 4.79 Å². The molecule has 0 radical (unpaired) electrons. The zero-order valence-electron chi connectivity index (χ0n) is 27.8. The lowest BCUT2D eigenvalue weighted by Gasteiger charge is -2.20. The van der Waals surface area contributed by atoms with Gasteiger partial charge >= 0.3 is 30.0 Å². The maximum absolute atomic E-state index is 11.8. The van der Waals surface area contributed by atoms with Gasteiger partial charge in [-0.25, -0.2) is 14.4 Å². The summed E-state index contributed by atoms with van der Waals surface area (Å²) in [6.45, 7) is 4.22. The van der Waals surface area contributed by atoms with Crippen LogP contribution in [0.2, 0.25) is 0 Å². The lowest BCUT2D eigenvalue weighted by atomic mass is 9.99. The van der Waals surface area contributed by atoms with Gasteiger partial charge in [0, 0.05) is 35.5 Å². The summed E-state index contributed by atoms with van der Waals surface area (Å²) in [7, 11) is 3.75. The Morgan fingerprint density at radius 3 is 1.89 bits per heavy atom. The first-order chi connectivity index (χ1) is 22.7. The van der Waals surface area contributed by atoms with Crippen molar-refractivity contribution >= 4 is 51.6 Å². The highest BCUT2D eigenvalue weighted by Crippen LogP contribution is 2.49. The van der Waals surface area contributed by atoms with E-state index < -0.39 is 24.0 Å². The molecule has 0 aliphatic carbocycles. The molecule has 1 atom stereocenters. The molecule has 9 nitrogen and oxygen atoms in total. The van der Waals surface area contributed by atoms with Crippen molar-refractivity contribution in [1.29, 1.82) is 0 Å². The smallest absolute Gasteiger partial charge is 0.415 e. The van der Waals surface area contributed by atoms with Crippen molar-refractivity contribution in [1.82, 2.24) is 5.32 Å². The predicted octanol–water partition coefficient (Wildman–Crippen LogP) is 8.43. The van der Waals surface area contributed by atoms with Crippen molar-refractivity contribution < 1.29 is 38.2 Å². The molecule has 0 unspecified atom stereocenters. The molecule has 1 aliphatic rings. The van der Waals surface area contributed by atoms with E-state index in [0.29, 0.717) is 18.9 Å². The molecular weight excluding hydrogens is 639 g/mol. The maximum atomic E-state index is 11.8. The van der Waals surface area contributed by atoms with Crippen LogP contribution in [0.15, 0.2) is 72.9 Å². The summed E-state index contributed by atoms with van der Waals surface area (Å²) in [6, 6.07) is 0. The lowest BCUT2D eigenvalue weighted by molar-refractivity contribution is -0.156. The monoisotopic (exact) mass is 689 g/mol. The van der Waals surface area contributed by atoms with Gasteiger partial charge in [0.1, 0.15) is 6.61 Å². The van der Waals surface area contributed by atoms with Crippen molar-refractivity contribution in [3.05, 3.63) is 72.9 Å². The number of alkyl carbamates (subject to hydrolysis) is 1. The molecule has 0 spiro atoms. The molecule has 1 rings (SSSR count). The van der Waals surface area contributed by atoms with E-state index in [0.717, 1.165) is 69.6 Å². The highest BCUT2D eigenvalue weighted by atomic mass is 33.1. The molecule has 260 valence electrons. The van der Waals surface area contributed by atoms with Crippen LogP contribution in [-0.2, 0) is 33.4 Å². The van der Waals surface area contributed by atoms with Gasteiger partial charge in [0.05, 0.1) is 6.54 Å². The minimum atomic E-state index is -1.11. The minimum Gasteiger partial charge on any atom is -0.464 e. The molecule has 1 amide bonds. The largest absolute Gasteiger partial charge is 0.464 e. The van der Waals surface area contributed by atoms with Crippen molar-refractivity contribution in [2.45, 2.75) is 102 Å². The summed E-state index contributed by atoms with van der Waals surface area (Å²) in [4.78, 5) is 58.8.